The van der Waals surface area contributed by atoms with Gasteiger partial charge in [0.05, 0.1) is 12.6 Å². The number of carbonyl (C=O) groups is 3. The maximum Gasteiger partial charge on any atom is 0.408 e. The van der Waals surface area contributed by atoms with Crippen LogP contribution in [0.5, 0.6) is 0 Å². The van der Waals surface area contributed by atoms with E-state index in [-0.39, 0.29) is 25.4 Å². The Labute approximate surface area is 240 Å². The van der Waals surface area contributed by atoms with Gasteiger partial charge in [-0.05, 0) is 56.9 Å². The smallest absolute Gasteiger partial charge is 0.408 e. The predicted molar refractivity (Wildman–Crippen MR) is 156 cm³/mol. The molecule has 0 aromatic heterocycles. The Hall–Kier alpha value is -4.46. The van der Waals surface area contributed by atoms with Crippen LogP contribution in [0.1, 0.15) is 57.2 Å². The van der Waals surface area contributed by atoms with Crippen LogP contribution in [0.2, 0.25) is 0 Å². The highest BCUT2D eigenvalue weighted by Crippen LogP contribution is 2.37. The molecular formula is C33H37FN2O5. The molecule has 0 unspecified atom stereocenters. The van der Waals surface area contributed by atoms with E-state index in [1.165, 1.54) is 0 Å². The molecule has 3 aromatic carbocycles. The average molecular weight is 561 g/mol. The number of hydrogen-bond donors (Lipinski definition) is 2. The predicted octanol–water partition coefficient (Wildman–Crippen LogP) is 6.18. The molecule has 3 rings (SSSR count). The molecule has 0 aliphatic carbocycles. The first-order valence-corrected chi connectivity index (χ1v) is 13.6. The van der Waals surface area contributed by atoms with Gasteiger partial charge in [-0.1, -0.05) is 91.0 Å². The minimum atomic E-state index is -1.17. The van der Waals surface area contributed by atoms with E-state index in [0.29, 0.717) is 0 Å². The van der Waals surface area contributed by atoms with Gasteiger partial charge >= 0.3 is 12.1 Å². The van der Waals surface area contributed by atoms with Gasteiger partial charge in [0, 0.05) is 6.42 Å². The third kappa shape index (κ3) is 8.76. The van der Waals surface area contributed by atoms with Crippen molar-refractivity contribution < 1.29 is 28.2 Å². The highest BCUT2D eigenvalue weighted by atomic mass is 19.1. The summed E-state index contributed by atoms with van der Waals surface area (Å²) >= 11 is 0. The van der Waals surface area contributed by atoms with E-state index in [4.69, 9.17) is 9.47 Å². The van der Waals surface area contributed by atoms with Gasteiger partial charge in [-0.2, -0.15) is 4.39 Å². The molecule has 2 N–H and O–H groups in total. The lowest BCUT2D eigenvalue weighted by atomic mass is 9.77. The second-order valence-electron chi connectivity index (χ2n) is 10.4. The molecular weight excluding hydrogens is 523 g/mol. The fourth-order valence-electron chi connectivity index (χ4n) is 4.44. The normalized spacial score (nSPS) is 12.7. The van der Waals surface area contributed by atoms with E-state index in [0.717, 1.165) is 22.8 Å². The van der Waals surface area contributed by atoms with Crippen molar-refractivity contribution in [2.24, 2.45) is 0 Å². The Morgan fingerprint density at radius 1 is 0.829 bits per heavy atom. The van der Waals surface area contributed by atoms with Crippen molar-refractivity contribution in [3.8, 4) is 0 Å². The topological polar surface area (TPSA) is 93.7 Å². The standard InChI is InChI=1S/C33H37FN2O5/c1-5-40-30(38)28(34)23-27(35-31(39)41-32(2,3)4)21-22-29(37)36-33(24-15-9-6-10-16-24,25-17-11-7-12-18-25)26-19-13-8-14-20-26/h6-20,23,27H,5,21-22H2,1-4H3,(H,35,39)(H,36,37)/b28-23-/t27-/m0/s1. The Balaban J connectivity index is 1.93. The fraction of sp³-hybridized carbons (Fsp3) is 0.303. The first kappa shape index (κ1) is 31.1. The Kier molecular flexibility index (Phi) is 10.8. The number of esters is 1. The van der Waals surface area contributed by atoms with Crippen molar-refractivity contribution in [1.29, 1.82) is 0 Å². The van der Waals surface area contributed by atoms with Crippen molar-refractivity contribution in [2.75, 3.05) is 6.61 Å². The molecule has 8 heteroatoms. The zero-order valence-electron chi connectivity index (χ0n) is 23.9. The highest BCUT2D eigenvalue weighted by molar-refractivity contribution is 5.86. The monoisotopic (exact) mass is 560 g/mol. The third-order valence-electron chi connectivity index (χ3n) is 6.15. The van der Waals surface area contributed by atoms with Crippen LogP contribution in [0.25, 0.3) is 0 Å². The Bertz CT molecular complexity index is 1230. The van der Waals surface area contributed by atoms with Gasteiger partial charge in [0.15, 0.2) is 0 Å². The number of ether oxygens (including phenoxy) is 2. The summed E-state index contributed by atoms with van der Waals surface area (Å²) in [5, 5.41) is 5.78. The van der Waals surface area contributed by atoms with Gasteiger partial charge in [0.2, 0.25) is 11.7 Å². The van der Waals surface area contributed by atoms with E-state index in [1.54, 1.807) is 27.7 Å². The van der Waals surface area contributed by atoms with E-state index < -0.39 is 35.1 Å². The summed E-state index contributed by atoms with van der Waals surface area (Å²) in [4.78, 5) is 38.0. The van der Waals surface area contributed by atoms with Crippen molar-refractivity contribution >= 4 is 18.0 Å². The van der Waals surface area contributed by atoms with Crippen molar-refractivity contribution in [1.82, 2.24) is 10.6 Å². The molecule has 0 fully saturated rings. The molecule has 0 aliphatic heterocycles. The zero-order chi connectivity index (χ0) is 29.9. The van der Waals surface area contributed by atoms with Gasteiger partial charge in [-0.3, -0.25) is 4.79 Å². The molecule has 0 aliphatic rings. The van der Waals surface area contributed by atoms with Crippen LogP contribution in [0, 0.1) is 0 Å². The Morgan fingerprint density at radius 3 is 1.71 bits per heavy atom. The minimum Gasteiger partial charge on any atom is -0.461 e. The first-order chi connectivity index (χ1) is 19.5. The van der Waals surface area contributed by atoms with E-state index in [1.807, 2.05) is 91.0 Å². The maximum absolute atomic E-state index is 14.6. The lowest BCUT2D eigenvalue weighted by molar-refractivity contribution is -0.140. The summed E-state index contributed by atoms with van der Waals surface area (Å²) in [6.07, 6.45) is 0.0323. The lowest BCUT2D eigenvalue weighted by Crippen LogP contribution is -2.48. The zero-order valence-corrected chi connectivity index (χ0v) is 23.9. The largest absolute Gasteiger partial charge is 0.461 e. The average Bonchev–Trinajstić information content (AvgIpc) is 2.95. The molecule has 1 atom stereocenters. The number of halogens is 1. The van der Waals surface area contributed by atoms with Crippen LogP contribution in [0.15, 0.2) is 103 Å². The molecule has 3 aromatic rings. The first-order valence-electron chi connectivity index (χ1n) is 13.6. The van der Waals surface area contributed by atoms with Gasteiger partial charge < -0.3 is 20.1 Å². The van der Waals surface area contributed by atoms with Gasteiger partial charge in [0.1, 0.15) is 11.1 Å². The summed E-state index contributed by atoms with van der Waals surface area (Å²) in [5.41, 5.74) is 0.726. The summed E-state index contributed by atoms with van der Waals surface area (Å²) in [6, 6.07) is 27.8. The molecule has 7 nitrogen and oxygen atoms in total. The molecule has 0 saturated heterocycles. The van der Waals surface area contributed by atoms with Crippen LogP contribution < -0.4 is 10.6 Å². The molecule has 2 amide bonds. The van der Waals surface area contributed by atoms with E-state index in [2.05, 4.69) is 10.6 Å². The maximum atomic E-state index is 14.6. The molecule has 41 heavy (non-hydrogen) atoms. The molecule has 0 heterocycles. The van der Waals surface area contributed by atoms with Gasteiger partial charge in [-0.25, -0.2) is 9.59 Å². The number of hydrogen-bond acceptors (Lipinski definition) is 5. The van der Waals surface area contributed by atoms with Gasteiger partial charge in [-0.15, -0.1) is 0 Å². The highest BCUT2D eigenvalue weighted by Gasteiger charge is 2.37. The van der Waals surface area contributed by atoms with Crippen LogP contribution in [-0.4, -0.2) is 36.2 Å². The van der Waals surface area contributed by atoms with Crippen LogP contribution >= 0.6 is 0 Å². The number of nitrogens with one attached hydrogen (secondary N) is 2. The number of carbonyl (C=O) groups excluding carboxylic acids is 3. The van der Waals surface area contributed by atoms with Crippen molar-refractivity contribution in [3.05, 3.63) is 120 Å². The summed E-state index contributed by atoms with van der Waals surface area (Å²) in [7, 11) is 0. The molecule has 0 radical (unpaired) electrons. The molecule has 216 valence electrons. The van der Waals surface area contributed by atoms with Crippen molar-refractivity contribution in [2.45, 2.75) is 57.7 Å². The van der Waals surface area contributed by atoms with E-state index in [9.17, 15) is 18.8 Å². The minimum absolute atomic E-state index is 0.00675. The number of alkyl carbamates (subject to hydrolysis) is 1. The third-order valence-corrected chi connectivity index (χ3v) is 6.15. The van der Waals surface area contributed by atoms with Crippen LogP contribution in [-0.2, 0) is 24.6 Å². The molecule has 0 spiro atoms. The Morgan fingerprint density at radius 2 is 1.29 bits per heavy atom. The molecule has 0 saturated carbocycles. The fourth-order valence-corrected chi connectivity index (χ4v) is 4.44. The van der Waals surface area contributed by atoms with E-state index >= 15 is 0 Å². The van der Waals surface area contributed by atoms with Crippen LogP contribution in [0.3, 0.4) is 0 Å². The SMILES string of the molecule is CCOC(=O)/C(F)=C/[C@H](CCC(=O)NC(c1ccccc1)(c1ccccc1)c1ccccc1)NC(=O)OC(C)(C)C. The second-order valence-corrected chi connectivity index (χ2v) is 10.4. The summed E-state index contributed by atoms with van der Waals surface area (Å²) < 4.78 is 24.6. The number of amides is 2. The molecule has 0 bridgehead atoms. The number of rotatable bonds is 11. The van der Waals surface area contributed by atoms with Crippen LogP contribution in [0.4, 0.5) is 9.18 Å². The summed E-state index contributed by atoms with van der Waals surface area (Å²) in [6.45, 7) is 6.64. The van der Waals surface area contributed by atoms with Gasteiger partial charge in [0.25, 0.3) is 0 Å². The second kappa shape index (κ2) is 14.3. The lowest BCUT2D eigenvalue weighted by Gasteiger charge is -2.37. The number of benzene rings is 3. The summed E-state index contributed by atoms with van der Waals surface area (Å²) in [5.74, 6) is -2.66. The quantitative estimate of drug-likeness (QED) is 0.166. The van der Waals surface area contributed by atoms with Crippen molar-refractivity contribution in [3.63, 3.8) is 0 Å².